The van der Waals surface area contributed by atoms with Gasteiger partial charge in [0.25, 0.3) is 5.91 Å². The Labute approximate surface area is 158 Å². The van der Waals surface area contributed by atoms with Gasteiger partial charge in [-0.1, -0.05) is 6.07 Å². The molecule has 2 aromatic rings. The Morgan fingerprint density at radius 3 is 2.70 bits per heavy atom. The fourth-order valence-electron chi connectivity index (χ4n) is 3.51. The Kier molecular flexibility index (Phi) is 5.93. The Bertz CT molecular complexity index is 769. The minimum atomic E-state index is -0.745. The van der Waals surface area contributed by atoms with Crippen LogP contribution in [0.15, 0.2) is 48.8 Å². The van der Waals surface area contributed by atoms with Crippen LogP contribution in [-0.2, 0) is 0 Å². The fraction of sp³-hybridized carbons (Fsp3) is 0.400. The Morgan fingerprint density at radius 2 is 2.04 bits per heavy atom. The van der Waals surface area contributed by atoms with Crippen molar-refractivity contribution in [3.05, 3.63) is 54.4 Å². The number of aromatic nitrogens is 1. The van der Waals surface area contributed by atoms with Gasteiger partial charge in [-0.2, -0.15) is 0 Å². The molecule has 7 heteroatoms. The molecule has 1 aliphatic carbocycles. The fourth-order valence-corrected chi connectivity index (χ4v) is 3.51. The number of nitrogens with zero attached hydrogens (tertiary/aromatic N) is 2. The predicted molar refractivity (Wildman–Crippen MR) is 101 cm³/mol. The van der Waals surface area contributed by atoms with Crippen LogP contribution in [0, 0.1) is 0 Å². The average molecular weight is 371 g/mol. The molecule has 1 aromatic heterocycles. The number of aliphatic hydroxyl groups excluding tert-OH is 1. The summed E-state index contributed by atoms with van der Waals surface area (Å²) >= 11 is 0. The van der Waals surface area contributed by atoms with E-state index >= 15 is 0 Å². The first kappa shape index (κ1) is 19.1. The highest BCUT2D eigenvalue weighted by atomic mass is 16.5. The molecule has 7 nitrogen and oxygen atoms in total. The summed E-state index contributed by atoms with van der Waals surface area (Å²) in [4.78, 5) is 18.4. The maximum atomic E-state index is 12.5. The molecule has 27 heavy (non-hydrogen) atoms. The third-order valence-corrected chi connectivity index (χ3v) is 4.79. The van der Waals surface area contributed by atoms with Crippen molar-refractivity contribution in [2.45, 2.75) is 30.7 Å². The molecule has 0 spiro atoms. The van der Waals surface area contributed by atoms with Crippen LogP contribution in [0.1, 0.15) is 16.8 Å². The van der Waals surface area contributed by atoms with Crippen molar-refractivity contribution >= 4 is 5.91 Å². The molecule has 0 saturated heterocycles. The van der Waals surface area contributed by atoms with Gasteiger partial charge in [0.1, 0.15) is 23.7 Å². The maximum Gasteiger partial charge on any atom is 0.253 e. The molecule has 3 rings (SSSR count). The number of hydrogen-bond acceptors (Lipinski definition) is 6. The van der Waals surface area contributed by atoms with E-state index in [1.807, 2.05) is 37.2 Å². The van der Waals surface area contributed by atoms with E-state index in [0.29, 0.717) is 23.5 Å². The Balaban J connectivity index is 1.73. The number of amides is 1. The molecule has 1 aliphatic rings. The van der Waals surface area contributed by atoms with Crippen molar-refractivity contribution in [2.24, 2.45) is 0 Å². The van der Waals surface area contributed by atoms with Gasteiger partial charge >= 0.3 is 0 Å². The van der Waals surface area contributed by atoms with Crippen LogP contribution < -0.4 is 14.8 Å². The molecule has 0 radical (unpaired) electrons. The van der Waals surface area contributed by atoms with Crippen LogP contribution in [0.5, 0.6) is 11.5 Å². The molecule has 0 unspecified atom stereocenters. The number of ether oxygens (including phenoxy) is 2. The van der Waals surface area contributed by atoms with Gasteiger partial charge in [0.2, 0.25) is 0 Å². The number of likely N-dealkylation sites (N-methyl/N-ethyl adjacent to an activating group) is 1. The Hall–Kier alpha value is -2.64. The summed E-state index contributed by atoms with van der Waals surface area (Å²) in [6, 6.07) is 10.2. The van der Waals surface area contributed by atoms with Crippen molar-refractivity contribution in [3.8, 4) is 11.5 Å². The van der Waals surface area contributed by atoms with Gasteiger partial charge < -0.3 is 24.8 Å². The van der Waals surface area contributed by atoms with Crippen molar-refractivity contribution in [1.82, 2.24) is 15.2 Å². The smallest absolute Gasteiger partial charge is 0.253 e. The average Bonchev–Trinajstić information content (AvgIpc) is 2.97. The molecule has 1 saturated carbocycles. The summed E-state index contributed by atoms with van der Waals surface area (Å²) in [6.45, 7) is 0. The van der Waals surface area contributed by atoms with Gasteiger partial charge in [-0.25, -0.2) is 0 Å². The zero-order valence-corrected chi connectivity index (χ0v) is 15.7. The molecule has 2 N–H and O–H groups in total. The monoisotopic (exact) mass is 371 g/mol. The number of pyridine rings is 1. The van der Waals surface area contributed by atoms with Crippen molar-refractivity contribution < 1.29 is 19.4 Å². The molecule has 1 amide bonds. The quantitative estimate of drug-likeness (QED) is 0.797. The van der Waals surface area contributed by atoms with E-state index in [2.05, 4.69) is 10.3 Å². The van der Waals surface area contributed by atoms with Crippen molar-refractivity contribution in [1.29, 1.82) is 0 Å². The number of carbonyl (C=O) groups excluding carboxylic acids is 1. The second kappa shape index (κ2) is 8.37. The maximum absolute atomic E-state index is 12.5. The molecule has 1 aromatic carbocycles. The van der Waals surface area contributed by atoms with E-state index < -0.39 is 12.2 Å². The summed E-state index contributed by atoms with van der Waals surface area (Å²) in [6.07, 6.45) is 2.45. The van der Waals surface area contributed by atoms with E-state index in [-0.39, 0.29) is 18.0 Å². The molecule has 1 fully saturated rings. The number of rotatable bonds is 6. The van der Waals surface area contributed by atoms with Crippen LogP contribution in [-0.4, -0.2) is 66.4 Å². The summed E-state index contributed by atoms with van der Waals surface area (Å²) in [5.74, 6) is 1.09. The van der Waals surface area contributed by atoms with Crippen LogP contribution in [0.2, 0.25) is 0 Å². The number of aliphatic hydroxyl groups is 1. The van der Waals surface area contributed by atoms with E-state index in [4.69, 9.17) is 9.47 Å². The topological polar surface area (TPSA) is 83.9 Å². The largest absolute Gasteiger partial charge is 0.497 e. The lowest BCUT2D eigenvalue weighted by atomic mass is 10.1. The highest BCUT2D eigenvalue weighted by Gasteiger charge is 2.45. The minimum absolute atomic E-state index is 0.214. The third-order valence-electron chi connectivity index (χ3n) is 4.79. The van der Waals surface area contributed by atoms with E-state index in [0.717, 1.165) is 0 Å². The number of methoxy groups -OCH3 is 1. The van der Waals surface area contributed by atoms with Gasteiger partial charge in [0.15, 0.2) is 0 Å². The summed E-state index contributed by atoms with van der Waals surface area (Å²) in [5, 5.41) is 13.8. The predicted octanol–water partition coefficient (Wildman–Crippen LogP) is 1.33. The molecule has 4 atom stereocenters. The first-order valence-corrected chi connectivity index (χ1v) is 8.85. The molecule has 0 aliphatic heterocycles. The molecule has 144 valence electrons. The number of benzene rings is 1. The van der Waals surface area contributed by atoms with E-state index in [9.17, 15) is 9.90 Å². The van der Waals surface area contributed by atoms with E-state index in [1.165, 1.54) is 6.20 Å². The molecule has 0 bridgehead atoms. The highest BCUT2D eigenvalue weighted by molar-refractivity contribution is 5.94. The van der Waals surface area contributed by atoms with Gasteiger partial charge in [0, 0.05) is 24.9 Å². The third kappa shape index (κ3) is 4.37. The molecular weight excluding hydrogens is 346 g/mol. The molecular formula is C20H25N3O4. The SMILES string of the molecule is COc1cccc(O[C@@H]2C[C@@H](NC(=O)c3cccnc3)[C@H](N(C)C)[C@H]2O)c1. The number of nitrogens with one attached hydrogen (secondary N) is 1. The first-order valence-electron chi connectivity index (χ1n) is 8.85. The zero-order valence-electron chi connectivity index (χ0n) is 15.7. The van der Waals surface area contributed by atoms with Gasteiger partial charge in [-0.15, -0.1) is 0 Å². The normalized spacial score (nSPS) is 24.6. The van der Waals surface area contributed by atoms with Crippen LogP contribution >= 0.6 is 0 Å². The number of hydrogen-bond donors (Lipinski definition) is 2. The van der Waals surface area contributed by atoms with Gasteiger partial charge in [-0.3, -0.25) is 9.78 Å². The van der Waals surface area contributed by atoms with Crippen LogP contribution in [0.3, 0.4) is 0 Å². The van der Waals surface area contributed by atoms with Crippen molar-refractivity contribution in [2.75, 3.05) is 21.2 Å². The lowest BCUT2D eigenvalue weighted by Crippen LogP contribution is -2.50. The minimum Gasteiger partial charge on any atom is -0.497 e. The first-order chi connectivity index (χ1) is 13.0. The second-order valence-corrected chi connectivity index (χ2v) is 6.84. The van der Waals surface area contributed by atoms with Crippen molar-refractivity contribution in [3.63, 3.8) is 0 Å². The highest BCUT2D eigenvalue weighted by Crippen LogP contribution is 2.29. The van der Waals surface area contributed by atoms with Gasteiger partial charge in [-0.05, 0) is 38.4 Å². The molecule has 1 heterocycles. The van der Waals surface area contributed by atoms with E-state index in [1.54, 1.807) is 31.5 Å². The summed E-state index contributed by atoms with van der Waals surface area (Å²) in [5.41, 5.74) is 0.488. The second-order valence-electron chi connectivity index (χ2n) is 6.84. The lowest BCUT2D eigenvalue weighted by molar-refractivity contribution is 0.0209. The summed E-state index contributed by atoms with van der Waals surface area (Å²) < 4.78 is 11.2. The van der Waals surface area contributed by atoms with Gasteiger partial charge in [0.05, 0.1) is 24.8 Å². The van der Waals surface area contributed by atoms with Crippen LogP contribution in [0.4, 0.5) is 0 Å². The number of carbonyl (C=O) groups is 1. The zero-order chi connectivity index (χ0) is 19.4. The standard InChI is InChI=1S/C20H25N3O4/c1-23(2)18-16(22-20(25)13-6-5-9-21-12-13)11-17(19(18)24)27-15-8-4-7-14(10-15)26-3/h4-10,12,16-19,24H,11H2,1-3H3,(H,22,25)/t16-,17-,18+,19+/m1/s1. The lowest BCUT2D eigenvalue weighted by Gasteiger charge is -2.29. The van der Waals surface area contributed by atoms with Crippen LogP contribution in [0.25, 0.3) is 0 Å². The Morgan fingerprint density at radius 1 is 1.26 bits per heavy atom. The summed E-state index contributed by atoms with van der Waals surface area (Å²) in [7, 11) is 5.35.